The topological polar surface area (TPSA) is 96.9 Å². The van der Waals surface area contributed by atoms with Crippen LogP contribution in [0.4, 0.5) is 5.69 Å². The number of Topliss-reactive ketones (excluding diaryl/α,β-unsaturated/α-hetero) is 1. The van der Waals surface area contributed by atoms with E-state index in [9.17, 15) is 9.59 Å². The van der Waals surface area contributed by atoms with Crippen LogP contribution in [0.15, 0.2) is 64.5 Å². The molecule has 2 aromatic rings. The van der Waals surface area contributed by atoms with Crippen LogP contribution in [0.5, 0.6) is 0 Å². The monoisotopic (exact) mass is 362 g/mol. The number of nitrogens with one attached hydrogen (secondary N) is 1. The fraction of sp³-hybridized carbons (Fsp3) is 0.238. The van der Waals surface area contributed by atoms with Crippen molar-refractivity contribution in [3.05, 3.63) is 70.9 Å². The van der Waals surface area contributed by atoms with Crippen molar-refractivity contribution in [2.45, 2.75) is 32.9 Å². The molecule has 0 radical (unpaired) electrons. The number of carbonyl (C=O) groups excluding carboxylic acids is 2. The lowest BCUT2D eigenvalue weighted by Crippen LogP contribution is -2.44. The number of benzene rings is 2. The summed E-state index contributed by atoms with van der Waals surface area (Å²) in [5.74, 6) is -0.661. The number of primary amides is 1. The Morgan fingerprint density at radius 2 is 1.74 bits per heavy atom. The van der Waals surface area contributed by atoms with E-state index in [1.54, 1.807) is 24.3 Å². The molecule has 6 nitrogen and oxygen atoms in total. The zero-order chi connectivity index (χ0) is 19.6. The van der Waals surface area contributed by atoms with Crippen molar-refractivity contribution in [2.75, 3.05) is 0 Å². The first-order valence-electron chi connectivity index (χ1n) is 8.70. The molecule has 2 aromatic carbocycles. The van der Waals surface area contributed by atoms with Gasteiger partial charge in [0.25, 0.3) is 5.91 Å². The van der Waals surface area contributed by atoms with Crippen molar-refractivity contribution in [3.63, 3.8) is 0 Å². The third-order valence-electron chi connectivity index (χ3n) is 4.64. The number of azo groups is 1. The van der Waals surface area contributed by atoms with Gasteiger partial charge >= 0.3 is 0 Å². The Morgan fingerprint density at radius 3 is 2.37 bits per heavy atom. The SMILES string of the molecule is CC(=O)c1ccc(N=NC(C(N)=O)=C2c3ccccc3CNC2(C)C)cc1. The van der Waals surface area contributed by atoms with Crippen molar-refractivity contribution in [2.24, 2.45) is 16.0 Å². The number of rotatable bonds is 4. The number of nitrogens with zero attached hydrogens (tertiary/aromatic N) is 2. The maximum Gasteiger partial charge on any atom is 0.269 e. The van der Waals surface area contributed by atoms with Crippen LogP contribution in [-0.2, 0) is 11.3 Å². The molecule has 1 aliphatic rings. The van der Waals surface area contributed by atoms with Crippen molar-refractivity contribution in [1.29, 1.82) is 0 Å². The van der Waals surface area contributed by atoms with E-state index in [1.807, 2.05) is 38.1 Å². The van der Waals surface area contributed by atoms with E-state index in [0.29, 0.717) is 17.8 Å². The number of fused-ring (bicyclic) bond motifs is 1. The summed E-state index contributed by atoms with van der Waals surface area (Å²) in [4.78, 5) is 23.6. The number of ketones is 1. The maximum atomic E-state index is 12.2. The van der Waals surface area contributed by atoms with Gasteiger partial charge in [-0.1, -0.05) is 24.3 Å². The highest BCUT2D eigenvalue weighted by Crippen LogP contribution is 2.37. The van der Waals surface area contributed by atoms with Crippen LogP contribution in [0.1, 0.15) is 42.3 Å². The summed E-state index contributed by atoms with van der Waals surface area (Å²) in [5, 5.41) is 11.8. The summed E-state index contributed by atoms with van der Waals surface area (Å²) in [7, 11) is 0. The second-order valence-corrected chi connectivity index (χ2v) is 7.03. The lowest BCUT2D eigenvalue weighted by Gasteiger charge is -2.36. The molecular weight excluding hydrogens is 340 g/mol. The molecule has 1 heterocycles. The predicted molar refractivity (Wildman–Crippen MR) is 104 cm³/mol. The molecule has 138 valence electrons. The lowest BCUT2D eigenvalue weighted by molar-refractivity contribution is -0.114. The van der Waals surface area contributed by atoms with Gasteiger partial charge in [-0.2, -0.15) is 5.11 Å². The number of nitrogens with two attached hydrogens (primary N) is 1. The van der Waals surface area contributed by atoms with Gasteiger partial charge in [0, 0.05) is 23.2 Å². The molecule has 0 aromatic heterocycles. The third-order valence-corrected chi connectivity index (χ3v) is 4.64. The Hall–Kier alpha value is -3.12. The molecule has 3 N–H and O–H groups in total. The number of hydrogen-bond donors (Lipinski definition) is 2. The van der Waals surface area contributed by atoms with E-state index >= 15 is 0 Å². The van der Waals surface area contributed by atoms with Crippen molar-refractivity contribution < 1.29 is 9.59 Å². The number of hydrogen-bond acceptors (Lipinski definition) is 5. The average molecular weight is 362 g/mol. The molecule has 0 fully saturated rings. The van der Waals surface area contributed by atoms with Gasteiger partial charge in [-0.15, -0.1) is 5.11 Å². The van der Waals surface area contributed by atoms with E-state index in [1.165, 1.54) is 6.92 Å². The van der Waals surface area contributed by atoms with Crippen molar-refractivity contribution in [3.8, 4) is 0 Å². The fourth-order valence-electron chi connectivity index (χ4n) is 3.18. The van der Waals surface area contributed by atoms with Gasteiger partial charge < -0.3 is 11.1 Å². The van der Waals surface area contributed by atoms with Gasteiger partial charge in [0.2, 0.25) is 0 Å². The first-order chi connectivity index (χ1) is 12.8. The molecule has 3 rings (SSSR count). The van der Waals surface area contributed by atoms with Crippen LogP contribution in [-0.4, -0.2) is 17.2 Å². The zero-order valence-electron chi connectivity index (χ0n) is 15.6. The minimum atomic E-state index is -0.638. The first-order valence-corrected chi connectivity index (χ1v) is 8.70. The molecule has 6 heteroatoms. The van der Waals surface area contributed by atoms with Crippen LogP contribution in [0.3, 0.4) is 0 Å². The standard InChI is InChI=1S/C21H22N4O2/c1-13(26)14-8-10-16(11-9-14)24-25-19(20(22)27)18-17-7-5-4-6-15(17)12-23-21(18,2)3/h4-11,23H,12H2,1-3H3,(H2,22,27). The lowest BCUT2D eigenvalue weighted by atomic mass is 9.81. The fourth-order valence-corrected chi connectivity index (χ4v) is 3.18. The van der Waals surface area contributed by atoms with Crippen LogP contribution in [0.25, 0.3) is 5.57 Å². The summed E-state index contributed by atoms with van der Waals surface area (Å²) in [6, 6.07) is 14.6. The van der Waals surface area contributed by atoms with Crippen molar-refractivity contribution in [1.82, 2.24) is 5.32 Å². The minimum Gasteiger partial charge on any atom is -0.364 e. The summed E-state index contributed by atoms with van der Waals surface area (Å²) in [6.07, 6.45) is 0. The van der Waals surface area contributed by atoms with Gasteiger partial charge in [-0.3, -0.25) is 9.59 Å². The Labute approximate surface area is 158 Å². The molecule has 0 atom stereocenters. The summed E-state index contributed by atoms with van der Waals surface area (Å²) >= 11 is 0. The highest BCUT2D eigenvalue weighted by Gasteiger charge is 2.34. The quantitative estimate of drug-likeness (QED) is 0.492. The molecule has 1 aliphatic heterocycles. The van der Waals surface area contributed by atoms with E-state index in [4.69, 9.17) is 5.73 Å². The molecule has 0 unspecified atom stereocenters. The maximum absolute atomic E-state index is 12.2. The Morgan fingerprint density at radius 1 is 1.07 bits per heavy atom. The van der Waals surface area contributed by atoms with Crippen molar-refractivity contribution >= 4 is 23.0 Å². The average Bonchev–Trinajstić information content (AvgIpc) is 2.63. The van der Waals surface area contributed by atoms with Crippen LogP contribution >= 0.6 is 0 Å². The molecule has 0 saturated heterocycles. The first kappa shape index (κ1) is 18.7. The molecule has 0 bridgehead atoms. The smallest absolute Gasteiger partial charge is 0.269 e. The molecule has 0 saturated carbocycles. The van der Waals surface area contributed by atoms with E-state index in [0.717, 1.165) is 16.7 Å². The van der Waals surface area contributed by atoms with Crippen LogP contribution in [0, 0.1) is 0 Å². The van der Waals surface area contributed by atoms with Crippen LogP contribution in [0.2, 0.25) is 0 Å². The number of amides is 1. The largest absolute Gasteiger partial charge is 0.364 e. The predicted octanol–water partition coefficient (Wildman–Crippen LogP) is 3.75. The molecule has 1 amide bonds. The second kappa shape index (κ2) is 7.25. The van der Waals surface area contributed by atoms with Crippen LogP contribution < -0.4 is 11.1 Å². The minimum absolute atomic E-state index is 0.0231. The van der Waals surface area contributed by atoms with Gasteiger partial charge in [0.05, 0.1) is 5.69 Å². The van der Waals surface area contributed by atoms with E-state index in [-0.39, 0.29) is 11.5 Å². The number of carbonyl (C=O) groups is 2. The van der Waals surface area contributed by atoms with Gasteiger partial charge in [-0.25, -0.2) is 0 Å². The van der Waals surface area contributed by atoms with E-state index in [2.05, 4.69) is 15.5 Å². The third kappa shape index (κ3) is 3.85. The summed E-state index contributed by atoms with van der Waals surface area (Å²) in [6.45, 7) is 6.17. The Balaban J connectivity index is 2.09. The summed E-state index contributed by atoms with van der Waals surface area (Å²) in [5.41, 5.74) is 9.15. The van der Waals surface area contributed by atoms with Gasteiger partial charge in [-0.05, 0) is 56.2 Å². The summed E-state index contributed by atoms with van der Waals surface area (Å²) < 4.78 is 0. The van der Waals surface area contributed by atoms with Gasteiger partial charge in [0.1, 0.15) is 0 Å². The Bertz CT molecular complexity index is 956. The normalized spacial score (nSPS) is 17.4. The van der Waals surface area contributed by atoms with E-state index < -0.39 is 11.4 Å². The Kier molecular flexibility index (Phi) is 5.01. The molecule has 0 spiro atoms. The molecule has 0 aliphatic carbocycles. The zero-order valence-corrected chi connectivity index (χ0v) is 15.6. The van der Waals surface area contributed by atoms with Gasteiger partial charge in [0.15, 0.2) is 11.5 Å². The molecular formula is C21H22N4O2. The molecule has 27 heavy (non-hydrogen) atoms. The highest BCUT2D eigenvalue weighted by molar-refractivity contribution is 6.02. The second-order valence-electron chi connectivity index (χ2n) is 7.03. The highest BCUT2D eigenvalue weighted by atomic mass is 16.1.